The number of carbonyl (C=O) groups is 1. The molecule has 8 heteroatoms. The van der Waals surface area contributed by atoms with E-state index in [1.54, 1.807) is 0 Å². The van der Waals surface area contributed by atoms with Crippen molar-refractivity contribution in [1.82, 2.24) is 13.9 Å². The van der Waals surface area contributed by atoms with Gasteiger partial charge in [0.25, 0.3) is 10.2 Å². The number of carbonyl (C=O) groups excluding carboxylic acids is 1. The summed E-state index contributed by atoms with van der Waals surface area (Å²) >= 11 is 0. The Balaban J connectivity index is 1.69. The van der Waals surface area contributed by atoms with Gasteiger partial charge in [0.05, 0.1) is 6.54 Å². The minimum atomic E-state index is -3.39. The highest BCUT2D eigenvalue weighted by atomic mass is 32.2. The topological polar surface area (TPSA) is 79.0 Å². The summed E-state index contributed by atoms with van der Waals surface area (Å²) in [6.45, 7) is 3.60. The van der Waals surface area contributed by atoms with Crippen molar-refractivity contribution in [3.05, 3.63) is 29.8 Å². The Kier molecular flexibility index (Phi) is 6.80. The van der Waals surface area contributed by atoms with E-state index in [0.29, 0.717) is 39.1 Å². The number of nitrogens with one attached hydrogen (secondary N) is 1. The molecule has 25 heavy (non-hydrogen) atoms. The minimum absolute atomic E-state index is 0.0330. The van der Waals surface area contributed by atoms with Crippen molar-refractivity contribution in [3.63, 3.8) is 0 Å². The van der Waals surface area contributed by atoms with Gasteiger partial charge in [-0.15, -0.1) is 0 Å². The molecule has 1 aromatic carbocycles. The van der Waals surface area contributed by atoms with Gasteiger partial charge in [-0.1, -0.05) is 17.7 Å². The van der Waals surface area contributed by atoms with Gasteiger partial charge in [0.1, 0.15) is 12.4 Å². The highest BCUT2D eigenvalue weighted by molar-refractivity contribution is 7.86. The van der Waals surface area contributed by atoms with Gasteiger partial charge in [-0.3, -0.25) is 4.79 Å². The van der Waals surface area contributed by atoms with E-state index in [9.17, 15) is 13.2 Å². The fourth-order valence-corrected chi connectivity index (χ4v) is 3.84. The van der Waals surface area contributed by atoms with Crippen LogP contribution in [0.4, 0.5) is 0 Å². The van der Waals surface area contributed by atoms with Gasteiger partial charge in [-0.2, -0.15) is 17.0 Å². The van der Waals surface area contributed by atoms with E-state index in [1.807, 2.05) is 31.2 Å². The first-order valence-corrected chi connectivity index (χ1v) is 9.85. The zero-order valence-electron chi connectivity index (χ0n) is 15.1. The average molecular weight is 369 g/mol. The molecule has 1 saturated heterocycles. The minimum Gasteiger partial charge on any atom is -0.492 e. The molecule has 0 bridgehead atoms. The first-order chi connectivity index (χ1) is 11.8. The number of hydrogen-bond donors (Lipinski definition) is 1. The maximum Gasteiger partial charge on any atom is 0.281 e. The Bertz CT molecular complexity index is 666. The number of nitrogens with zero attached hydrogens (tertiary/aromatic N) is 2. The number of piperidine rings is 1. The summed E-state index contributed by atoms with van der Waals surface area (Å²) in [5.74, 6) is 0.601. The molecular formula is C17H27N3O4S. The number of amides is 1. The Morgan fingerprint density at radius 1 is 1.24 bits per heavy atom. The van der Waals surface area contributed by atoms with Gasteiger partial charge in [-0.25, -0.2) is 0 Å². The van der Waals surface area contributed by atoms with Crippen molar-refractivity contribution >= 4 is 16.1 Å². The van der Waals surface area contributed by atoms with E-state index in [2.05, 4.69) is 5.32 Å². The lowest BCUT2D eigenvalue weighted by atomic mass is 9.97. The first kappa shape index (κ1) is 19.7. The standard InChI is InChI=1S/C17H27N3O4S/c1-14-4-6-16(7-5-14)24-13-10-18-17(21)15-8-11-20(12-9-15)25(22,23)19(2)3/h4-7,15H,8-13H2,1-3H3,(H,18,21). The number of rotatable bonds is 7. The first-order valence-electron chi connectivity index (χ1n) is 8.45. The van der Waals surface area contributed by atoms with Crippen LogP contribution in [0, 0.1) is 12.8 Å². The van der Waals surface area contributed by atoms with Crippen molar-refractivity contribution in [2.24, 2.45) is 5.92 Å². The lowest BCUT2D eigenvalue weighted by molar-refractivity contribution is -0.126. The summed E-state index contributed by atoms with van der Waals surface area (Å²) in [7, 11) is -0.357. The quantitative estimate of drug-likeness (QED) is 0.728. The third-order valence-electron chi connectivity index (χ3n) is 4.30. The summed E-state index contributed by atoms with van der Waals surface area (Å²) < 4.78 is 32.3. The molecule has 0 aliphatic carbocycles. The Morgan fingerprint density at radius 2 is 1.84 bits per heavy atom. The molecule has 1 aromatic rings. The van der Waals surface area contributed by atoms with Crippen LogP contribution in [0.15, 0.2) is 24.3 Å². The van der Waals surface area contributed by atoms with Gasteiger partial charge < -0.3 is 10.1 Å². The van der Waals surface area contributed by atoms with Gasteiger partial charge in [0, 0.05) is 33.1 Å². The van der Waals surface area contributed by atoms with E-state index in [1.165, 1.54) is 28.3 Å². The molecule has 0 radical (unpaired) electrons. The molecule has 2 rings (SSSR count). The van der Waals surface area contributed by atoms with Crippen LogP contribution in [0.3, 0.4) is 0 Å². The highest BCUT2D eigenvalue weighted by Gasteiger charge is 2.31. The zero-order valence-corrected chi connectivity index (χ0v) is 15.9. The third kappa shape index (κ3) is 5.42. The molecule has 0 aromatic heterocycles. The van der Waals surface area contributed by atoms with Gasteiger partial charge in [0.15, 0.2) is 0 Å². The molecule has 1 aliphatic heterocycles. The maximum atomic E-state index is 12.2. The van der Waals surface area contributed by atoms with E-state index < -0.39 is 10.2 Å². The van der Waals surface area contributed by atoms with Gasteiger partial charge >= 0.3 is 0 Å². The molecule has 0 saturated carbocycles. The Morgan fingerprint density at radius 3 is 2.40 bits per heavy atom. The van der Waals surface area contributed by atoms with Crippen LogP contribution in [0.5, 0.6) is 5.75 Å². The van der Waals surface area contributed by atoms with Crippen molar-refractivity contribution in [3.8, 4) is 5.75 Å². The maximum absolute atomic E-state index is 12.2. The second kappa shape index (κ2) is 8.64. The molecule has 7 nitrogen and oxygen atoms in total. The largest absolute Gasteiger partial charge is 0.492 e. The predicted molar refractivity (Wildman–Crippen MR) is 96.6 cm³/mol. The number of hydrogen-bond acceptors (Lipinski definition) is 4. The van der Waals surface area contributed by atoms with E-state index in [-0.39, 0.29) is 11.8 Å². The number of aryl methyl sites for hydroxylation is 1. The van der Waals surface area contributed by atoms with Gasteiger partial charge in [-0.05, 0) is 31.9 Å². The van der Waals surface area contributed by atoms with Crippen LogP contribution in [0.1, 0.15) is 18.4 Å². The van der Waals surface area contributed by atoms with Gasteiger partial charge in [0.2, 0.25) is 5.91 Å². The van der Waals surface area contributed by atoms with E-state index in [4.69, 9.17) is 4.74 Å². The van der Waals surface area contributed by atoms with Crippen LogP contribution < -0.4 is 10.1 Å². The number of ether oxygens (including phenoxy) is 1. The number of benzene rings is 1. The summed E-state index contributed by atoms with van der Waals surface area (Å²) in [6.07, 6.45) is 1.08. The van der Waals surface area contributed by atoms with Crippen LogP contribution in [0.2, 0.25) is 0 Å². The lowest BCUT2D eigenvalue weighted by Gasteiger charge is -2.32. The highest BCUT2D eigenvalue weighted by Crippen LogP contribution is 2.20. The molecule has 1 amide bonds. The second-order valence-electron chi connectivity index (χ2n) is 6.42. The summed E-state index contributed by atoms with van der Waals surface area (Å²) in [6, 6.07) is 7.75. The molecule has 1 fully saturated rings. The van der Waals surface area contributed by atoms with Crippen molar-refractivity contribution < 1.29 is 17.9 Å². The average Bonchev–Trinajstić information content (AvgIpc) is 2.60. The van der Waals surface area contributed by atoms with E-state index in [0.717, 1.165) is 5.75 Å². The van der Waals surface area contributed by atoms with Crippen LogP contribution in [-0.4, -0.2) is 63.3 Å². The molecular weight excluding hydrogens is 342 g/mol. The van der Waals surface area contributed by atoms with Crippen molar-refractivity contribution in [2.75, 3.05) is 40.3 Å². The van der Waals surface area contributed by atoms with Crippen LogP contribution in [-0.2, 0) is 15.0 Å². The SMILES string of the molecule is Cc1ccc(OCCNC(=O)C2CCN(S(=O)(=O)N(C)C)CC2)cc1. The van der Waals surface area contributed by atoms with Crippen LogP contribution >= 0.6 is 0 Å². The van der Waals surface area contributed by atoms with Crippen LogP contribution in [0.25, 0.3) is 0 Å². The lowest BCUT2D eigenvalue weighted by Crippen LogP contribution is -2.47. The second-order valence-corrected chi connectivity index (χ2v) is 8.56. The van der Waals surface area contributed by atoms with E-state index >= 15 is 0 Å². The molecule has 1 heterocycles. The monoisotopic (exact) mass is 369 g/mol. The molecule has 140 valence electrons. The Labute approximate surface area is 150 Å². The van der Waals surface area contributed by atoms with Crippen molar-refractivity contribution in [2.45, 2.75) is 19.8 Å². The molecule has 1 N–H and O–H groups in total. The predicted octanol–water partition coefficient (Wildman–Crippen LogP) is 1.01. The molecule has 1 aliphatic rings. The fourth-order valence-electron chi connectivity index (χ4n) is 2.70. The summed E-state index contributed by atoms with van der Waals surface area (Å²) in [5.41, 5.74) is 1.17. The Hall–Kier alpha value is -1.64. The molecule has 0 spiro atoms. The fraction of sp³-hybridized carbons (Fsp3) is 0.588. The zero-order chi connectivity index (χ0) is 18.4. The third-order valence-corrected chi connectivity index (χ3v) is 6.24. The molecule has 0 unspecified atom stereocenters. The summed E-state index contributed by atoms with van der Waals surface area (Å²) in [4.78, 5) is 12.2. The molecule has 0 atom stereocenters. The normalized spacial score (nSPS) is 16.8. The summed E-state index contributed by atoms with van der Waals surface area (Å²) in [5, 5.41) is 2.87. The van der Waals surface area contributed by atoms with Crippen molar-refractivity contribution in [1.29, 1.82) is 0 Å². The smallest absolute Gasteiger partial charge is 0.281 e.